The lowest BCUT2D eigenvalue weighted by Crippen LogP contribution is -2.37. The van der Waals surface area contributed by atoms with Gasteiger partial charge in [-0.2, -0.15) is 0 Å². The molecule has 1 rings (SSSR count). The molecular weight excluding hydrogens is 182 g/mol. The summed E-state index contributed by atoms with van der Waals surface area (Å²) in [6.45, 7) is 3.13. The Kier molecular flexibility index (Phi) is 3.64. The van der Waals surface area contributed by atoms with Crippen LogP contribution in [0.2, 0.25) is 0 Å². The highest BCUT2D eigenvalue weighted by molar-refractivity contribution is 5.72. The van der Waals surface area contributed by atoms with Gasteiger partial charge in [-0.3, -0.25) is 9.69 Å². The fourth-order valence-corrected chi connectivity index (χ4v) is 1.07. The zero-order valence-corrected chi connectivity index (χ0v) is 8.42. The van der Waals surface area contributed by atoms with E-state index in [1.165, 1.54) is 0 Å². The lowest BCUT2D eigenvalue weighted by atomic mass is 10.3. The van der Waals surface area contributed by atoms with E-state index in [1.807, 2.05) is 10.8 Å². The van der Waals surface area contributed by atoms with E-state index in [0.29, 0.717) is 6.54 Å². The Morgan fingerprint density at radius 2 is 2.43 bits per heavy atom. The molecule has 0 amide bonds. The number of imidazole rings is 1. The quantitative estimate of drug-likeness (QED) is 0.737. The van der Waals surface area contributed by atoms with Crippen LogP contribution in [-0.2, 0) is 11.3 Å². The molecule has 0 spiro atoms. The third-order valence-electron chi connectivity index (χ3n) is 2.29. The fraction of sp³-hybridized carbons (Fsp3) is 0.556. The Morgan fingerprint density at radius 3 is 2.93 bits per heavy atom. The number of nitrogens with zero attached hydrogens (tertiary/aromatic N) is 3. The average Bonchev–Trinajstić information content (AvgIpc) is 2.65. The van der Waals surface area contributed by atoms with E-state index in [-0.39, 0.29) is 0 Å². The second-order valence-electron chi connectivity index (χ2n) is 3.30. The smallest absolute Gasteiger partial charge is 0.320 e. The topological polar surface area (TPSA) is 58.4 Å². The summed E-state index contributed by atoms with van der Waals surface area (Å²) in [5.74, 6) is -0.793. The number of aromatic nitrogens is 2. The molecule has 0 saturated heterocycles. The molecule has 1 N–H and O–H groups in total. The maximum absolute atomic E-state index is 10.6. The first-order chi connectivity index (χ1) is 6.61. The molecule has 0 aromatic carbocycles. The highest BCUT2D eigenvalue weighted by Crippen LogP contribution is 1.96. The number of rotatable bonds is 5. The predicted octanol–water partition coefficient (Wildman–Crippen LogP) is 0.288. The van der Waals surface area contributed by atoms with E-state index in [2.05, 4.69) is 4.98 Å². The molecule has 1 aromatic rings. The number of likely N-dealkylation sites (N-methyl/N-ethyl adjacent to an activating group) is 1. The van der Waals surface area contributed by atoms with E-state index in [9.17, 15) is 4.79 Å². The Balaban J connectivity index is 2.34. The summed E-state index contributed by atoms with van der Waals surface area (Å²) in [6, 6.07) is -0.446. The summed E-state index contributed by atoms with van der Waals surface area (Å²) in [5, 5.41) is 8.75. The van der Waals surface area contributed by atoms with Crippen LogP contribution < -0.4 is 0 Å². The van der Waals surface area contributed by atoms with Crippen LogP contribution in [0.4, 0.5) is 0 Å². The van der Waals surface area contributed by atoms with E-state index < -0.39 is 12.0 Å². The van der Waals surface area contributed by atoms with Gasteiger partial charge in [0.2, 0.25) is 0 Å². The van der Waals surface area contributed by atoms with E-state index in [1.54, 1.807) is 31.4 Å². The van der Waals surface area contributed by atoms with Crippen molar-refractivity contribution in [3.63, 3.8) is 0 Å². The molecule has 14 heavy (non-hydrogen) atoms. The van der Waals surface area contributed by atoms with Crippen LogP contribution >= 0.6 is 0 Å². The Labute approximate surface area is 83.0 Å². The van der Waals surface area contributed by atoms with Crippen LogP contribution in [0.1, 0.15) is 6.92 Å². The monoisotopic (exact) mass is 197 g/mol. The Hall–Kier alpha value is -1.36. The summed E-state index contributed by atoms with van der Waals surface area (Å²) >= 11 is 0. The van der Waals surface area contributed by atoms with Gasteiger partial charge >= 0.3 is 5.97 Å². The van der Waals surface area contributed by atoms with Crippen LogP contribution in [0.15, 0.2) is 18.7 Å². The van der Waals surface area contributed by atoms with Crippen molar-refractivity contribution < 1.29 is 9.90 Å². The van der Waals surface area contributed by atoms with E-state index >= 15 is 0 Å². The van der Waals surface area contributed by atoms with Gasteiger partial charge in [-0.05, 0) is 14.0 Å². The molecule has 0 saturated carbocycles. The Bertz CT molecular complexity index is 284. The summed E-state index contributed by atoms with van der Waals surface area (Å²) in [4.78, 5) is 16.3. The van der Waals surface area contributed by atoms with Crippen molar-refractivity contribution in [3.05, 3.63) is 18.7 Å². The average molecular weight is 197 g/mol. The minimum Gasteiger partial charge on any atom is -0.480 e. The maximum atomic E-state index is 10.6. The van der Waals surface area contributed by atoms with Crippen molar-refractivity contribution in [3.8, 4) is 0 Å². The molecule has 1 atom stereocenters. The molecule has 1 aromatic heterocycles. The van der Waals surface area contributed by atoms with E-state index in [0.717, 1.165) is 6.54 Å². The standard InChI is InChI=1S/C9H15N3O2/c1-8(9(13)14)11(2)5-6-12-4-3-10-7-12/h3-4,7-8H,5-6H2,1-2H3,(H,13,14). The summed E-state index contributed by atoms with van der Waals surface area (Å²) in [7, 11) is 1.80. The number of aliphatic carboxylic acids is 1. The molecule has 1 unspecified atom stereocenters. The largest absolute Gasteiger partial charge is 0.480 e. The number of carboxylic acids is 1. The zero-order chi connectivity index (χ0) is 10.6. The normalized spacial score (nSPS) is 13.1. The first kappa shape index (κ1) is 10.7. The van der Waals surface area contributed by atoms with Gasteiger partial charge in [0.15, 0.2) is 0 Å². The van der Waals surface area contributed by atoms with Gasteiger partial charge in [0.25, 0.3) is 0 Å². The van der Waals surface area contributed by atoms with Crippen LogP contribution in [-0.4, -0.2) is 45.2 Å². The number of hydrogen-bond donors (Lipinski definition) is 1. The molecule has 1 heterocycles. The van der Waals surface area contributed by atoms with Crippen LogP contribution in [0.3, 0.4) is 0 Å². The van der Waals surface area contributed by atoms with Crippen molar-refractivity contribution in [2.24, 2.45) is 0 Å². The van der Waals surface area contributed by atoms with Crippen LogP contribution in [0, 0.1) is 0 Å². The molecule has 0 radical (unpaired) electrons. The van der Waals surface area contributed by atoms with Crippen molar-refractivity contribution in [1.82, 2.24) is 14.5 Å². The van der Waals surface area contributed by atoms with Gasteiger partial charge in [-0.25, -0.2) is 4.98 Å². The summed E-state index contributed by atoms with van der Waals surface area (Å²) < 4.78 is 1.92. The first-order valence-corrected chi connectivity index (χ1v) is 4.50. The fourth-order valence-electron chi connectivity index (χ4n) is 1.07. The molecular formula is C9H15N3O2. The second-order valence-corrected chi connectivity index (χ2v) is 3.30. The summed E-state index contributed by atoms with van der Waals surface area (Å²) in [5.41, 5.74) is 0. The third kappa shape index (κ3) is 2.85. The summed E-state index contributed by atoms with van der Waals surface area (Å²) in [6.07, 6.45) is 5.29. The van der Waals surface area contributed by atoms with Crippen molar-refractivity contribution in [2.75, 3.05) is 13.6 Å². The van der Waals surface area contributed by atoms with Crippen LogP contribution in [0.5, 0.6) is 0 Å². The molecule has 0 aliphatic heterocycles. The molecule has 0 bridgehead atoms. The van der Waals surface area contributed by atoms with Crippen molar-refractivity contribution in [1.29, 1.82) is 0 Å². The Morgan fingerprint density at radius 1 is 1.71 bits per heavy atom. The lowest BCUT2D eigenvalue weighted by molar-refractivity contribution is -0.142. The first-order valence-electron chi connectivity index (χ1n) is 4.50. The van der Waals surface area contributed by atoms with Gasteiger partial charge in [0.1, 0.15) is 6.04 Å². The molecule has 0 aliphatic rings. The zero-order valence-electron chi connectivity index (χ0n) is 8.42. The van der Waals surface area contributed by atoms with Gasteiger partial charge in [0, 0.05) is 25.5 Å². The number of carbonyl (C=O) groups is 1. The van der Waals surface area contributed by atoms with Gasteiger partial charge < -0.3 is 9.67 Å². The van der Waals surface area contributed by atoms with Gasteiger partial charge in [0.05, 0.1) is 6.33 Å². The van der Waals surface area contributed by atoms with Gasteiger partial charge in [-0.15, -0.1) is 0 Å². The molecule has 0 fully saturated rings. The highest BCUT2D eigenvalue weighted by atomic mass is 16.4. The molecule has 5 nitrogen and oxygen atoms in total. The number of carboxylic acid groups (broad SMARTS) is 1. The maximum Gasteiger partial charge on any atom is 0.320 e. The predicted molar refractivity (Wildman–Crippen MR) is 52.0 cm³/mol. The minimum atomic E-state index is -0.793. The molecule has 0 aliphatic carbocycles. The van der Waals surface area contributed by atoms with Crippen molar-refractivity contribution >= 4 is 5.97 Å². The molecule has 78 valence electrons. The lowest BCUT2D eigenvalue weighted by Gasteiger charge is -2.20. The second kappa shape index (κ2) is 4.76. The number of hydrogen-bond acceptors (Lipinski definition) is 3. The van der Waals surface area contributed by atoms with Crippen molar-refractivity contribution in [2.45, 2.75) is 19.5 Å². The van der Waals surface area contributed by atoms with Gasteiger partial charge in [-0.1, -0.05) is 0 Å². The minimum absolute atomic E-state index is 0.446. The SMILES string of the molecule is CC(C(=O)O)N(C)CCn1ccnc1. The van der Waals surface area contributed by atoms with E-state index in [4.69, 9.17) is 5.11 Å². The highest BCUT2D eigenvalue weighted by Gasteiger charge is 2.15. The third-order valence-corrected chi connectivity index (χ3v) is 2.29. The molecule has 5 heteroatoms. The van der Waals surface area contributed by atoms with Crippen LogP contribution in [0.25, 0.3) is 0 Å².